The van der Waals surface area contributed by atoms with E-state index in [-0.39, 0.29) is 5.88 Å². The molecule has 4 nitrogen and oxygen atoms in total. The van der Waals surface area contributed by atoms with Crippen LogP contribution in [0.1, 0.15) is 0 Å². The topological polar surface area (TPSA) is 69.9 Å². The number of ether oxygens (including phenoxy) is 1. The second kappa shape index (κ2) is 4.09. The Hall–Kier alpha value is 0.420. The van der Waals surface area contributed by atoms with Gasteiger partial charge in [0.05, 0.1) is 17.4 Å². The van der Waals surface area contributed by atoms with Crippen LogP contribution in [0.25, 0.3) is 0 Å². The first-order valence-electron chi connectivity index (χ1n) is 3.47. The summed E-state index contributed by atoms with van der Waals surface area (Å²) in [5, 5.41) is 26.5. The third-order valence-corrected chi connectivity index (χ3v) is 2.63. The number of hydrogen-bond acceptors (Lipinski definition) is 4. The molecule has 1 aliphatic rings. The van der Waals surface area contributed by atoms with Gasteiger partial charge in [-0.05, 0) is 0 Å². The van der Waals surface area contributed by atoms with Gasteiger partial charge in [-0.25, -0.2) is 0 Å². The van der Waals surface area contributed by atoms with Crippen LogP contribution in [0.4, 0.5) is 0 Å². The van der Waals surface area contributed by atoms with Crippen molar-refractivity contribution in [1.82, 2.24) is 0 Å². The predicted molar refractivity (Wildman–Crippen MR) is 43.3 cm³/mol. The van der Waals surface area contributed by atoms with Gasteiger partial charge in [0.15, 0.2) is 6.29 Å². The molecule has 1 rings (SSSR count). The standard InChI is InChI=1S/C6H10Cl2O4/c7-1-2-3(8)4(9)5(10)6(11)12-2/h2-6,9-11H,1H2/t2?,3?,4?,5-,6-/m0/s1. The molecule has 3 unspecified atom stereocenters. The third-order valence-electron chi connectivity index (χ3n) is 1.79. The Balaban J connectivity index is 2.63. The number of halogens is 2. The van der Waals surface area contributed by atoms with E-state index in [0.717, 1.165) is 0 Å². The second-order valence-corrected chi connectivity index (χ2v) is 3.46. The maximum Gasteiger partial charge on any atom is 0.183 e. The first-order chi connectivity index (χ1) is 5.57. The average molecular weight is 217 g/mol. The van der Waals surface area contributed by atoms with Crippen LogP contribution in [0, 0.1) is 0 Å². The minimum atomic E-state index is -1.42. The van der Waals surface area contributed by atoms with Crippen LogP contribution >= 0.6 is 23.2 Å². The first-order valence-corrected chi connectivity index (χ1v) is 4.44. The van der Waals surface area contributed by atoms with Gasteiger partial charge in [0, 0.05) is 0 Å². The highest BCUT2D eigenvalue weighted by Crippen LogP contribution is 2.24. The molecule has 0 spiro atoms. The summed E-state index contributed by atoms with van der Waals surface area (Å²) in [6, 6.07) is 0. The monoisotopic (exact) mass is 216 g/mol. The van der Waals surface area contributed by atoms with Crippen molar-refractivity contribution in [1.29, 1.82) is 0 Å². The largest absolute Gasteiger partial charge is 0.389 e. The SMILES string of the molecule is OC1C(Cl)C(CCl)O[C@H](O)[C@H]1O. The maximum absolute atomic E-state index is 9.24. The Bertz CT molecular complexity index is 152. The van der Waals surface area contributed by atoms with E-state index in [9.17, 15) is 5.11 Å². The first kappa shape index (κ1) is 10.5. The molecule has 12 heavy (non-hydrogen) atoms. The molecule has 0 bridgehead atoms. The summed E-state index contributed by atoms with van der Waals surface area (Å²) in [5.41, 5.74) is 0. The Morgan fingerprint density at radius 2 is 1.75 bits per heavy atom. The molecule has 0 amide bonds. The van der Waals surface area contributed by atoms with Crippen LogP contribution < -0.4 is 0 Å². The number of alkyl halides is 2. The fourth-order valence-corrected chi connectivity index (χ4v) is 1.69. The molecule has 3 N–H and O–H groups in total. The molecule has 5 atom stereocenters. The second-order valence-electron chi connectivity index (χ2n) is 2.65. The fraction of sp³-hybridized carbons (Fsp3) is 1.00. The zero-order valence-corrected chi connectivity index (χ0v) is 7.61. The Morgan fingerprint density at radius 1 is 1.17 bits per heavy atom. The van der Waals surface area contributed by atoms with Crippen LogP contribution in [0.3, 0.4) is 0 Å². The molecule has 1 heterocycles. The summed E-state index contributed by atoms with van der Waals surface area (Å²) in [7, 11) is 0. The van der Waals surface area contributed by atoms with E-state index >= 15 is 0 Å². The van der Waals surface area contributed by atoms with Crippen LogP contribution in [-0.4, -0.2) is 51.2 Å². The average Bonchev–Trinajstić information content (AvgIpc) is 2.08. The van der Waals surface area contributed by atoms with Crippen molar-refractivity contribution in [3.8, 4) is 0 Å². The van der Waals surface area contributed by atoms with Gasteiger partial charge in [0.2, 0.25) is 0 Å². The van der Waals surface area contributed by atoms with Gasteiger partial charge < -0.3 is 20.1 Å². The summed E-state index contributed by atoms with van der Waals surface area (Å²) in [5.74, 6) is 0.0645. The number of hydrogen-bond donors (Lipinski definition) is 3. The van der Waals surface area contributed by atoms with Gasteiger partial charge in [-0.2, -0.15) is 0 Å². The van der Waals surface area contributed by atoms with E-state index in [2.05, 4.69) is 0 Å². The number of aliphatic hydroxyl groups excluding tert-OH is 3. The van der Waals surface area contributed by atoms with Gasteiger partial charge in [-0.1, -0.05) is 0 Å². The van der Waals surface area contributed by atoms with Crippen molar-refractivity contribution >= 4 is 23.2 Å². The van der Waals surface area contributed by atoms with Gasteiger partial charge in [0.25, 0.3) is 0 Å². The van der Waals surface area contributed by atoms with Crippen LogP contribution in [0.15, 0.2) is 0 Å². The fourth-order valence-electron chi connectivity index (χ4n) is 1.03. The summed E-state index contributed by atoms with van der Waals surface area (Å²) in [4.78, 5) is 0. The number of rotatable bonds is 1. The lowest BCUT2D eigenvalue weighted by Crippen LogP contribution is -2.55. The molecule has 1 aliphatic heterocycles. The summed E-state index contributed by atoms with van der Waals surface area (Å²) in [6.45, 7) is 0. The molecular formula is C6H10Cl2O4. The molecule has 72 valence electrons. The Labute approximate surface area is 79.7 Å². The van der Waals surface area contributed by atoms with E-state index in [0.29, 0.717) is 0 Å². The molecule has 0 aromatic rings. The van der Waals surface area contributed by atoms with Gasteiger partial charge in [-0.15, -0.1) is 23.2 Å². The number of aliphatic hydroxyl groups is 3. The van der Waals surface area contributed by atoms with E-state index in [1.165, 1.54) is 0 Å². The van der Waals surface area contributed by atoms with Gasteiger partial charge >= 0.3 is 0 Å². The normalized spacial score (nSPS) is 49.2. The lowest BCUT2D eigenvalue weighted by atomic mass is 10.0. The smallest absolute Gasteiger partial charge is 0.183 e. The summed E-state index contributed by atoms with van der Waals surface area (Å²) < 4.78 is 4.81. The molecule has 0 saturated carbocycles. The molecular weight excluding hydrogens is 207 g/mol. The van der Waals surface area contributed by atoms with E-state index < -0.39 is 30.0 Å². The molecule has 0 aromatic heterocycles. The third kappa shape index (κ3) is 1.84. The van der Waals surface area contributed by atoms with Crippen LogP contribution in [0.5, 0.6) is 0 Å². The predicted octanol–water partition coefficient (Wildman–Crippen LogP) is -0.728. The van der Waals surface area contributed by atoms with E-state index in [4.69, 9.17) is 38.2 Å². The van der Waals surface area contributed by atoms with Crippen molar-refractivity contribution in [3.63, 3.8) is 0 Å². The molecule has 1 saturated heterocycles. The Kier molecular flexibility index (Phi) is 3.58. The van der Waals surface area contributed by atoms with Crippen molar-refractivity contribution < 1.29 is 20.1 Å². The van der Waals surface area contributed by atoms with E-state index in [1.54, 1.807) is 0 Å². The van der Waals surface area contributed by atoms with Crippen molar-refractivity contribution in [2.45, 2.75) is 30.0 Å². The molecule has 6 heteroatoms. The van der Waals surface area contributed by atoms with Crippen molar-refractivity contribution in [3.05, 3.63) is 0 Å². The van der Waals surface area contributed by atoms with E-state index in [1.807, 2.05) is 0 Å². The minimum absolute atomic E-state index is 0.0645. The summed E-state index contributed by atoms with van der Waals surface area (Å²) >= 11 is 11.1. The Morgan fingerprint density at radius 3 is 2.25 bits per heavy atom. The van der Waals surface area contributed by atoms with Gasteiger partial charge in [0.1, 0.15) is 12.2 Å². The highest BCUT2D eigenvalue weighted by atomic mass is 35.5. The quantitative estimate of drug-likeness (QED) is 0.506. The van der Waals surface area contributed by atoms with Crippen molar-refractivity contribution in [2.75, 3.05) is 5.88 Å². The van der Waals surface area contributed by atoms with Crippen molar-refractivity contribution in [2.24, 2.45) is 0 Å². The minimum Gasteiger partial charge on any atom is -0.389 e. The zero-order valence-electron chi connectivity index (χ0n) is 6.10. The van der Waals surface area contributed by atoms with Crippen LogP contribution in [-0.2, 0) is 4.74 Å². The molecule has 1 fully saturated rings. The molecule has 0 aliphatic carbocycles. The lowest BCUT2D eigenvalue weighted by molar-refractivity contribution is -0.239. The van der Waals surface area contributed by atoms with Gasteiger partial charge in [-0.3, -0.25) is 0 Å². The summed E-state index contributed by atoms with van der Waals surface area (Å²) in [6.07, 6.45) is -4.63. The maximum atomic E-state index is 9.24. The lowest BCUT2D eigenvalue weighted by Gasteiger charge is -2.37. The molecule has 0 aromatic carbocycles. The van der Waals surface area contributed by atoms with Crippen LogP contribution in [0.2, 0.25) is 0 Å². The molecule has 0 radical (unpaired) electrons. The highest BCUT2D eigenvalue weighted by Gasteiger charge is 2.42. The zero-order chi connectivity index (χ0) is 9.30. The highest BCUT2D eigenvalue weighted by molar-refractivity contribution is 6.23.